The van der Waals surface area contributed by atoms with E-state index in [9.17, 15) is 14.9 Å². The van der Waals surface area contributed by atoms with Gasteiger partial charge in [0.1, 0.15) is 0 Å². The Morgan fingerprint density at radius 2 is 1.76 bits per heavy atom. The highest BCUT2D eigenvalue weighted by molar-refractivity contribution is 9.10. The van der Waals surface area contributed by atoms with Crippen LogP contribution in [0.1, 0.15) is 21.5 Å². The molecule has 0 heterocycles. The summed E-state index contributed by atoms with van der Waals surface area (Å²) in [6, 6.07) is 12.4. The maximum Gasteiger partial charge on any atom is 0.271 e. The largest absolute Gasteiger partial charge is 0.294 e. The van der Waals surface area contributed by atoms with E-state index in [0.717, 1.165) is 0 Å². The van der Waals surface area contributed by atoms with Gasteiger partial charge in [0.05, 0.1) is 4.92 Å². The molecule has 0 saturated heterocycles. The first-order chi connectivity index (χ1) is 10.0. The standard InChI is InChI=1S/C16H12BrNO3/c17-14-7-13(8-15(9-14)18(20)21)16(19)12-5-10-3-1-2-4-11(10)6-12/h1-4,7-9,12H,5-6H2. The number of ketones is 1. The Hall–Kier alpha value is -2.01. The SMILES string of the molecule is O=C(c1cc(Br)cc([N+](=O)[O-])c1)C1Cc2ccccc2C1. The second kappa shape index (κ2) is 5.41. The molecule has 0 amide bonds. The molecule has 0 fully saturated rings. The summed E-state index contributed by atoms with van der Waals surface area (Å²) in [6.07, 6.45) is 1.41. The minimum Gasteiger partial charge on any atom is -0.294 e. The third kappa shape index (κ3) is 2.74. The van der Waals surface area contributed by atoms with Crippen LogP contribution >= 0.6 is 15.9 Å². The minimum atomic E-state index is -0.481. The number of halogens is 1. The lowest BCUT2D eigenvalue weighted by molar-refractivity contribution is -0.385. The second-order valence-electron chi connectivity index (χ2n) is 5.19. The lowest BCUT2D eigenvalue weighted by atomic mass is 9.95. The molecule has 0 atom stereocenters. The molecule has 5 heteroatoms. The Kier molecular flexibility index (Phi) is 3.59. The predicted octanol–water partition coefficient (Wildman–Crippen LogP) is 3.96. The molecule has 0 radical (unpaired) electrons. The van der Waals surface area contributed by atoms with Crippen molar-refractivity contribution >= 4 is 27.4 Å². The van der Waals surface area contributed by atoms with E-state index in [0.29, 0.717) is 22.9 Å². The normalized spacial score (nSPS) is 14.0. The molecule has 1 aliphatic rings. The van der Waals surface area contributed by atoms with Crippen molar-refractivity contribution in [3.05, 3.63) is 73.7 Å². The lowest BCUT2D eigenvalue weighted by Gasteiger charge is -2.08. The first-order valence-electron chi connectivity index (χ1n) is 6.60. The molecule has 0 unspecified atom stereocenters. The molecule has 4 nitrogen and oxygen atoms in total. The van der Waals surface area contributed by atoms with Crippen molar-refractivity contribution in [3.63, 3.8) is 0 Å². The summed E-state index contributed by atoms with van der Waals surface area (Å²) >= 11 is 3.23. The smallest absolute Gasteiger partial charge is 0.271 e. The number of nitro groups is 1. The zero-order valence-electron chi connectivity index (χ0n) is 11.1. The fraction of sp³-hybridized carbons (Fsp3) is 0.188. The van der Waals surface area contributed by atoms with Gasteiger partial charge in [0.25, 0.3) is 5.69 Å². The molecule has 2 aromatic rings. The van der Waals surface area contributed by atoms with Crippen molar-refractivity contribution in [2.75, 3.05) is 0 Å². The van der Waals surface area contributed by atoms with Gasteiger partial charge in [-0.1, -0.05) is 40.2 Å². The van der Waals surface area contributed by atoms with Gasteiger partial charge in [-0.05, 0) is 30.0 Å². The van der Waals surface area contributed by atoms with E-state index in [1.165, 1.54) is 23.3 Å². The molecule has 0 spiro atoms. The maximum absolute atomic E-state index is 12.6. The Morgan fingerprint density at radius 3 is 2.33 bits per heavy atom. The summed E-state index contributed by atoms with van der Waals surface area (Å²) in [5, 5.41) is 10.9. The lowest BCUT2D eigenvalue weighted by Crippen LogP contribution is -2.15. The van der Waals surface area contributed by atoms with Gasteiger partial charge in [-0.15, -0.1) is 0 Å². The van der Waals surface area contributed by atoms with E-state index in [1.807, 2.05) is 24.3 Å². The van der Waals surface area contributed by atoms with Gasteiger partial charge < -0.3 is 0 Å². The summed E-state index contributed by atoms with van der Waals surface area (Å²) in [6.45, 7) is 0. The van der Waals surface area contributed by atoms with Crippen molar-refractivity contribution in [1.29, 1.82) is 0 Å². The van der Waals surface area contributed by atoms with E-state index < -0.39 is 4.92 Å². The van der Waals surface area contributed by atoms with Gasteiger partial charge in [-0.3, -0.25) is 14.9 Å². The van der Waals surface area contributed by atoms with Gasteiger partial charge in [0.2, 0.25) is 0 Å². The molecule has 0 saturated carbocycles. The quantitative estimate of drug-likeness (QED) is 0.480. The van der Waals surface area contributed by atoms with E-state index in [2.05, 4.69) is 15.9 Å². The molecule has 21 heavy (non-hydrogen) atoms. The van der Waals surface area contributed by atoms with Crippen LogP contribution in [-0.4, -0.2) is 10.7 Å². The number of nitrogens with zero attached hydrogens (tertiary/aromatic N) is 1. The number of benzene rings is 2. The highest BCUT2D eigenvalue weighted by Crippen LogP contribution is 2.30. The number of hydrogen-bond donors (Lipinski definition) is 0. The van der Waals surface area contributed by atoms with Crippen LogP contribution in [0.5, 0.6) is 0 Å². The fourth-order valence-electron chi connectivity index (χ4n) is 2.80. The number of fused-ring (bicyclic) bond motifs is 1. The monoisotopic (exact) mass is 345 g/mol. The third-order valence-electron chi connectivity index (χ3n) is 3.80. The summed E-state index contributed by atoms with van der Waals surface area (Å²) < 4.78 is 0.551. The Morgan fingerprint density at radius 1 is 1.14 bits per heavy atom. The van der Waals surface area contributed by atoms with Crippen molar-refractivity contribution in [3.8, 4) is 0 Å². The van der Waals surface area contributed by atoms with Crippen LogP contribution in [0.3, 0.4) is 0 Å². The highest BCUT2D eigenvalue weighted by atomic mass is 79.9. The average molecular weight is 346 g/mol. The summed E-state index contributed by atoms with van der Waals surface area (Å²) in [7, 11) is 0. The van der Waals surface area contributed by atoms with Crippen LogP contribution in [0, 0.1) is 16.0 Å². The third-order valence-corrected chi connectivity index (χ3v) is 4.26. The number of carbonyl (C=O) groups is 1. The Bertz CT molecular complexity index is 717. The molecule has 0 aliphatic heterocycles. The summed E-state index contributed by atoms with van der Waals surface area (Å²) in [5.41, 5.74) is 2.72. The van der Waals surface area contributed by atoms with E-state index >= 15 is 0 Å². The molecule has 0 bridgehead atoms. The maximum atomic E-state index is 12.6. The number of carbonyl (C=O) groups excluding carboxylic acids is 1. The molecule has 1 aliphatic carbocycles. The van der Waals surface area contributed by atoms with Crippen molar-refractivity contribution in [1.82, 2.24) is 0 Å². The number of non-ortho nitro benzene ring substituents is 1. The van der Waals surface area contributed by atoms with E-state index in [-0.39, 0.29) is 17.4 Å². The van der Waals surface area contributed by atoms with Crippen molar-refractivity contribution in [2.24, 2.45) is 5.92 Å². The number of nitro benzene ring substituents is 1. The van der Waals surface area contributed by atoms with Crippen molar-refractivity contribution in [2.45, 2.75) is 12.8 Å². The summed E-state index contributed by atoms with van der Waals surface area (Å²) in [4.78, 5) is 23.0. The molecular formula is C16H12BrNO3. The van der Waals surface area contributed by atoms with Gasteiger partial charge >= 0.3 is 0 Å². The van der Waals surface area contributed by atoms with E-state index in [4.69, 9.17) is 0 Å². The fourth-order valence-corrected chi connectivity index (χ4v) is 3.28. The number of Topliss-reactive ketones (excluding diaryl/α,β-unsaturated/α-hetero) is 1. The Balaban J connectivity index is 1.89. The van der Waals surface area contributed by atoms with Crippen LogP contribution < -0.4 is 0 Å². The zero-order valence-corrected chi connectivity index (χ0v) is 12.7. The predicted molar refractivity (Wildman–Crippen MR) is 82.5 cm³/mol. The van der Waals surface area contributed by atoms with Crippen LogP contribution in [0.15, 0.2) is 46.9 Å². The second-order valence-corrected chi connectivity index (χ2v) is 6.11. The molecule has 0 aromatic heterocycles. The summed E-state index contributed by atoms with van der Waals surface area (Å²) in [5.74, 6) is -0.160. The molecule has 2 aromatic carbocycles. The minimum absolute atomic E-state index is 0.0319. The highest BCUT2D eigenvalue weighted by Gasteiger charge is 2.28. The van der Waals surface area contributed by atoms with Crippen LogP contribution in [0.4, 0.5) is 5.69 Å². The van der Waals surface area contributed by atoms with Crippen LogP contribution in [-0.2, 0) is 12.8 Å². The van der Waals surface area contributed by atoms with Crippen LogP contribution in [0.2, 0.25) is 0 Å². The molecule has 3 rings (SSSR count). The zero-order chi connectivity index (χ0) is 15.0. The molecule has 0 N–H and O–H groups in total. The first-order valence-corrected chi connectivity index (χ1v) is 7.40. The van der Waals surface area contributed by atoms with Gasteiger partial charge in [0, 0.05) is 28.1 Å². The number of hydrogen-bond acceptors (Lipinski definition) is 3. The van der Waals surface area contributed by atoms with Crippen molar-refractivity contribution < 1.29 is 9.72 Å². The van der Waals surface area contributed by atoms with Crippen LogP contribution in [0.25, 0.3) is 0 Å². The topological polar surface area (TPSA) is 60.2 Å². The molecular weight excluding hydrogens is 334 g/mol. The van der Waals surface area contributed by atoms with E-state index in [1.54, 1.807) is 6.07 Å². The Labute approximate surface area is 130 Å². The number of rotatable bonds is 3. The van der Waals surface area contributed by atoms with Gasteiger partial charge in [-0.2, -0.15) is 0 Å². The first kappa shape index (κ1) is 13.9. The van der Waals surface area contributed by atoms with Gasteiger partial charge in [0.15, 0.2) is 5.78 Å². The van der Waals surface area contributed by atoms with Gasteiger partial charge in [-0.25, -0.2) is 0 Å². The average Bonchev–Trinajstić information content (AvgIpc) is 2.89. The molecule has 106 valence electrons.